The zero-order chi connectivity index (χ0) is 9.40. The van der Waals surface area contributed by atoms with E-state index in [1.807, 2.05) is 6.92 Å². The van der Waals surface area contributed by atoms with Gasteiger partial charge in [-0.1, -0.05) is 13.8 Å². The molecular formula is C9H16O3. The average Bonchev–Trinajstić information content (AvgIpc) is 2.04. The van der Waals surface area contributed by atoms with Crippen molar-refractivity contribution in [3.63, 3.8) is 0 Å². The van der Waals surface area contributed by atoms with Gasteiger partial charge in [-0.05, 0) is 12.3 Å². The van der Waals surface area contributed by atoms with E-state index in [2.05, 4.69) is 0 Å². The Morgan fingerprint density at radius 3 is 2.75 bits per heavy atom. The van der Waals surface area contributed by atoms with Gasteiger partial charge in [0.1, 0.15) is 6.29 Å². The molecule has 0 bridgehead atoms. The molecule has 0 heterocycles. The van der Waals surface area contributed by atoms with E-state index in [1.165, 1.54) is 0 Å². The van der Waals surface area contributed by atoms with Crippen LogP contribution in [0.25, 0.3) is 0 Å². The molecule has 0 spiro atoms. The van der Waals surface area contributed by atoms with Crippen molar-refractivity contribution in [2.45, 2.75) is 33.1 Å². The third kappa shape index (κ3) is 5.89. The maximum absolute atomic E-state index is 10.7. The minimum absolute atomic E-state index is 0.173. The van der Waals surface area contributed by atoms with Crippen LogP contribution in [0, 0.1) is 5.92 Å². The van der Waals surface area contributed by atoms with Crippen LogP contribution in [-0.2, 0) is 14.3 Å². The molecule has 0 aromatic carbocycles. The van der Waals surface area contributed by atoms with Gasteiger partial charge in [0.05, 0.1) is 6.61 Å². The van der Waals surface area contributed by atoms with Gasteiger partial charge < -0.3 is 9.53 Å². The molecule has 0 aromatic heterocycles. The Morgan fingerprint density at radius 2 is 2.25 bits per heavy atom. The molecule has 0 aliphatic rings. The maximum atomic E-state index is 10.7. The Labute approximate surface area is 73.1 Å². The number of aldehydes is 1. The molecule has 12 heavy (non-hydrogen) atoms. The highest BCUT2D eigenvalue weighted by Crippen LogP contribution is 2.05. The Balaban J connectivity index is 3.29. The minimum Gasteiger partial charge on any atom is -0.466 e. The highest BCUT2D eigenvalue weighted by atomic mass is 16.5. The van der Waals surface area contributed by atoms with Gasteiger partial charge in [0.2, 0.25) is 0 Å². The van der Waals surface area contributed by atoms with Gasteiger partial charge >= 0.3 is 5.97 Å². The van der Waals surface area contributed by atoms with Crippen molar-refractivity contribution in [3.8, 4) is 0 Å². The standard InChI is InChI=1S/C9H16O3/c1-3-9(11)12-7-5-8(2)4-6-10/h6,8H,3-5,7H2,1-2H3. The van der Waals surface area contributed by atoms with Crippen LogP contribution < -0.4 is 0 Å². The first-order chi connectivity index (χ1) is 5.70. The van der Waals surface area contributed by atoms with Crippen molar-refractivity contribution < 1.29 is 14.3 Å². The summed E-state index contributed by atoms with van der Waals surface area (Å²) in [5.74, 6) is 0.139. The molecule has 0 aromatic rings. The highest BCUT2D eigenvalue weighted by molar-refractivity contribution is 5.68. The summed E-state index contributed by atoms with van der Waals surface area (Å²) in [4.78, 5) is 20.7. The van der Waals surface area contributed by atoms with Gasteiger partial charge in [0.15, 0.2) is 0 Å². The van der Waals surface area contributed by atoms with Crippen LogP contribution >= 0.6 is 0 Å². The van der Waals surface area contributed by atoms with E-state index in [-0.39, 0.29) is 5.97 Å². The molecule has 3 nitrogen and oxygen atoms in total. The molecule has 0 saturated heterocycles. The SMILES string of the molecule is CCC(=O)OCCC(C)CC=O. The van der Waals surface area contributed by atoms with E-state index >= 15 is 0 Å². The second kappa shape index (κ2) is 6.83. The summed E-state index contributed by atoms with van der Waals surface area (Å²) in [6.07, 6.45) is 2.63. The van der Waals surface area contributed by atoms with Crippen LogP contribution in [0.15, 0.2) is 0 Å². The van der Waals surface area contributed by atoms with Crippen LogP contribution in [0.5, 0.6) is 0 Å². The number of esters is 1. The fourth-order valence-electron chi connectivity index (χ4n) is 0.758. The quantitative estimate of drug-likeness (QED) is 0.451. The first-order valence-corrected chi connectivity index (χ1v) is 4.30. The molecule has 0 N–H and O–H groups in total. The Morgan fingerprint density at radius 1 is 1.58 bits per heavy atom. The van der Waals surface area contributed by atoms with Crippen molar-refractivity contribution in [3.05, 3.63) is 0 Å². The average molecular weight is 172 g/mol. The minimum atomic E-state index is -0.173. The Hall–Kier alpha value is -0.860. The molecular weight excluding hydrogens is 156 g/mol. The topological polar surface area (TPSA) is 43.4 Å². The maximum Gasteiger partial charge on any atom is 0.305 e. The summed E-state index contributed by atoms with van der Waals surface area (Å²) < 4.78 is 4.85. The van der Waals surface area contributed by atoms with Gasteiger partial charge in [-0.3, -0.25) is 4.79 Å². The lowest BCUT2D eigenvalue weighted by molar-refractivity contribution is -0.143. The first kappa shape index (κ1) is 11.1. The van der Waals surface area contributed by atoms with Crippen LogP contribution in [0.4, 0.5) is 0 Å². The normalized spacial score (nSPS) is 12.2. The van der Waals surface area contributed by atoms with Crippen molar-refractivity contribution in [2.75, 3.05) is 6.61 Å². The van der Waals surface area contributed by atoms with Crippen LogP contribution in [-0.4, -0.2) is 18.9 Å². The summed E-state index contributed by atoms with van der Waals surface area (Å²) in [5, 5.41) is 0. The van der Waals surface area contributed by atoms with Crippen molar-refractivity contribution in [1.29, 1.82) is 0 Å². The molecule has 0 amide bonds. The van der Waals surface area contributed by atoms with Gasteiger partial charge in [-0.25, -0.2) is 0 Å². The molecule has 0 fully saturated rings. The smallest absolute Gasteiger partial charge is 0.305 e. The molecule has 1 atom stereocenters. The third-order valence-electron chi connectivity index (χ3n) is 1.66. The van der Waals surface area contributed by atoms with Crippen molar-refractivity contribution >= 4 is 12.3 Å². The van der Waals surface area contributed by atoms with Crippen molar-refractivity contribution in [1.82, 2.24) is 0 Å². The fraction of sp³-hybridized carbons (Fsp3) is 0.778. The van der Waals surface area contributed by atoms with Gasteiger partial charge in [-0.2, -0.15) is 0 Å². The second-order valence-electron chi connectivity index (χ2n) is 2.87. The third-order valence-corrected chi connectivity index (χ3v) is 1.66. The van der Waals surface area contributed by atoms with Gasteiger partial charge in [0.25, 0.3) is 0 Å². The Bertz CT molecular complexity index is 143. The number of rotatable bonds is 6. The molecule has 0 saturated carbocycles. The summed E-state index contributed by atoms with van der Waals surface area (Å²) in [5.41, 5.74) is 0. The number of ether oxygens (including phenoxy) is 1. The summed E-state index contributed by atoms with van der Waals surface area (Å²) in [6.45, 7) is 4.16. The molecule has 0 rings (SSSR count). The van der Waals surface area contributed by atoms with Crippen LogP contribution in [0.3, 0.4) is 0 Å². The number of hydrogen-bond donors (Lipinski definition) is 0. The lowest BCUT2D eigenvalue weighted by Gasteiger charge is -2.07. The van der Waals surface area contributed by atoms with E-state index < -0.39 is 0 Å². The highest BCUT2D eigenvalue weighted by Gasteiger charge is 2.02. The predicted octanol–water partition coefficient (Wildman–Crippen LogP) is 1.55. The second-order valence-corrected chi connectivity index (χ2v) is 2.87. The lowest BCUT2D eigenvalue weighted by Crippen LogP contribution is -2.07. The molecule has 0 aliphatic carbocycles. The van der Waals surface area contributed by atoms with Crippen molar-refractivity contribution in [2.24, 2.45) is 5.92 Å². The zero-order valence-electron chi connectivity index (χ0n) is 7.71. The van der Waals surface area contributed by atoms with E-state index in [0.717, 1.165) is 12.7 Å². The molecule has 0 radical (unpaired) electrons. The summed E-state index contributed by atoms with van der Waals surface area (Å²) in [6, 6.07) is 0. The first-order valence-electron chi connectivity index (χ1n) is 4.30. The van der Waals surface area contributed by atoms with E-state index in [0.29, 0.717) is 25.4 Å². The number of carbonyl (C=O) groups excluding carboxylic acids is 2. The van der Waals surface area contributed by atoms with Crippen LogP contribution in [0.2, 0.25) is 0 Å². The fourth-order valence-corrected chi connectivity index (χ4v) is 0.758. The predicted molar refractivity (Wildman–Crippen MR) is 45.7 cm³/mol. The molecule has 1 unspecified atom stereocenters. The van der Waals surface area contributed by atoms with E-state index in [1.54, 1.807) is 6.92 Å². The largest absolute Gasteiger partial charge is 0.466 e. The Kier molecular flexibility index (Phi) is 6.34. The van der Waals surface area contributed by atoms with E-state index in [4.69, 9.17) is 4.74 Å². The number of hydrogen-bond acceptors (Lipinski definition) is 3. The molecule has 70 valence electrons. The monoisotopic (exact) mass is 172 g/mol. The zero-order valence-corrected chi connectivity index (χ0v) is 7.71. The van der Waals surface area contributed by atoms with Gasteiger partial charge in [0, 0.05) is 12.8 Å². The van der Waals surface area contributed by atoms with Gasteiger partial charge in [-0.15, -0.1) is 0 Å². The van der Waals surface area contributed by atoms with E-state index in [9.17, 15) is 9.59 Å². The lowest BCUT2D eigenvalue weighted by atomic mass is 10.1. The summed E-state index contributed by atoms with van der Waals surface area (Å²) >= 11 is 0. The molecule has 0 aliphatic heterocycles. The summed E-state index contributed by atoms with van der Waals surface area (Å²) in [7, 11) is 0. The number of carbonyl (C=O) groups is 2. The molecule has 3 heteroatoms. The van der Waals surface area contributed by atoms with Crippen LogP contribution in [0.1, 0.15) is 33.1 Å².